The molecule has 0 spiro atoms. The van der Waals surface area contributed by atoms with Gasteiger partial charge in [-0.3, -0.25) is 4.79 Å². The minimum absolute atomic E-state index is 0.101. The standard InChI is InChI=1S/C14H17BrN2O/c1-10(2)16-14(18)6-8-17-7-5-11-9-12(15)3-4-13(11)17/h3-5,7,9-10H,6,8H2,1-2H3,(H,16,18). The van der Waals surface area contributed by atoms with E-state index in [9.17, 15) is 4.79 Å². The van der Waals surface area contributed by atoms with Gasteiger partial charge in [0.1, 0.15) is 0 Å². The summed E-state index contributed by atoms with van der Waals surface area (Å²) in [5.41, 5.74) is 1.16. The van der Waals surface area contributed by atoms with Crippen molar-refractivity contribution in [3.63, 3.8) is 0 Å². The van der Waals surface area contributed by atoms with E-state index in [0.29, 0.717) is 13.0 Å². The number of nitrogens with one attached hydrogen (secondary N) is 1. The second-order valence-electron chi connectivity index (χ2n) is 4.68. The zero-order valence-electron chi connectivity index (χ0n) is 10.6. The smallest absolute Gasteiger partial charge is 0.221 e. The highest BCUT2D eigenvalue weighted by molar-refractivity contribution is 9.10. The molecule has 1 aromatic heterocycles. The number of nitrogens with zero attached hydrogens (tertiary/aromatic N) is 1. The Morgan fingerprint density at radius 3 is 2.89 bits per heavy atom. The van der Waals surface area contributed by atoms with E-state index in [1.807, 2.05) is 26.1 Å². The zero-order valence-corrected chi connectivity index (χ0v) is 12.2. The van der Waals surface area contributed by atoms with Crippen molar-refractivity contribution in [3.05, 3.63) is 34.9 Å². The second kappa shape index (κ2) is 5.57. The summed E-state index contributed by atoms with van der Waals surface area (Å²) in [5, 5.41) is 4.09. The van der Waals surface area contributed by atoms with Crippen LogP contribution in [0.4, 0.5) is 0 Å². The summed E-state index contributed by atoms with van der Waals surface area (Å²) < 4.78 is 3.19. The molecule has 0 aliphatic carbocycles. The Labute approximate surface area is 115 Å². The fraction of sp³-hybridized carbons (Fsp3) is 0.357. The summed E-state index contributed by atoms with van der Waals surface area (Å²) in [7, 11) is 0. The summed E-state index contributed by atoms with van der Waals surface area (Å²) in [6, 6.07) is 8.45. The topological polar surface area (TPSA) is 34.0 Å². The molecule has 1 amide bonds. The van der Waals surface area contributed by atoms with Crippen LogP contribution in [0.2, 0.25) is 0 Å². The fourth-order valence-corrected chi connectivity index (χ4v) is 2.36. The Hall–Kier alpha value is -1.29. The van der Waals surface area contributed by atoms with Gasteiger partial charge in [-0.05, 0) is 38.1 Å². The van der Waals surface area contributed by atoms with Gasteiger partial charge in [0.05, 0.1) is 0 Å². The highest BCUT2D eigenvalue weighted by Crippen LogP contribution is 2.21. The van der Waals surface area contributed by atoms with E-state index < -0.39 is 0 Å². The number of carbonyl (C=O) groups is 1. The van der Waals surface area contributed by atoms with E-state index in [1.54, 1.807) is 0 Å². The molecule has 1 heterocycles. The van der Waals surface area contributed by atoms with Gasteiger partial charge >= 0.3 is 0 Å². The van der Waals surface area contributed by atoms with Crippen molar-refractivity contribution in [1.29, 1.82) is 0 Å². The first-order valence-electron chi connectivity index (χ1n) is 6.10. The number of aromatic nitrogens is 1. The van der Waals surface area contributed by atoms with Gasteiger partial charge in [0.2, 0.25) is 5.91 Å². The Morgan fingerprint density at radius 1 is 1.39 bits per heavy atom. The van der Waals surface area contributed by atoms with E-state index in [-0.39, 0.29) is 11.9 Å². The van der Waals surface area contributed by atoms with Crippen LogP contribution in [0.1, 0.15) is 20.3 Å². The first-order chi connectivity index (χ1) is 8.56. The molecule has 0 radical (unpaired) electrons. The molecule has 3 nitrogen and oxygen atoms in total. The highest BCUT2D eigenvalue weighted by atomic mass is 79.9. The Bertz CT molecular complexity index is 560. The lowest BCUT2D eigenvalue weighted by atomic mass is 10.2. The summed E-state index contributed by atoms with van der Waals surface area (Å²) >= 11 is 3.46. The van der Waals surface area contributed by atoms with Crippen LogP contribution in [0, 0.1) is 0 Å². The van der Waals surface area contributed by atoms with Crippen LogP contribution in [0.3, 0.4) is 0 Å². The molecular formula is C14H17BrN2O. The summed E-state index contributed by atoms with van der Waals surface area (Å²) in [4.78, 5) is 11.6. The maximum Gasteiger partial charge on any atom is 0.221 e. The molecule has 0 saturated heterocycles. The normalized spacial score (nSPS) is 11.1. The number of benzene rings is 1. The molecule has 0 fully saturated rings. The van der Waals surface area contributed by atoms with Gasteiger partial charge in [-0.15, -0.1) is 0 Å². The van der Waals surface area contributed by atoms with Crippen molar-refractivity contribution in [2.24, 2.45) is 0 Å². The van der Waals surface area contributed by atoms with Crippen LogP contribution >= 0.6 is 15.9 Å². The molecule has 0 saturated carbocycles. The van der Waals surface area contributed by atoms with Gasteiger partial charge in [-0.2, -0.15) is 0 Å². The average molecular weight is 309 g/mol. The predicted octanol–water partition coefficient (Wildman–Crippen LogP) is 3.32. The molecule has 2 aromatic rings. The number of amides is 1. The molecule has 4 heteroatoms. The van der Waals surface area contributed by atoms with E-state index in [2.05, 4.69) is 44.0 Å². The van der Waals surface area contributed by atoms with Crippen molar-refractivity contribution >= 4 is 32.7 Å². The monoisotopic (exact) mass is 308 g/mol. The Kier molecular flexibility index (Phi) is 4.07. The average Bonchev–Trinajstić information content (AvgIpc) is 2.67. The fourth-order valence-electron chi connectivity index (χ4n) is 1.98. The SMILES string of the molecule is CC(C)NC(=O)CCn1ccc2cc(Br)ccc21. The molecule has 0 aliphatic heterocycles. The number of carbonyl (C=O) groups excluding carboxylic acids is 1. The number of aryl methyl sites for hydroxylation is 1. The highest BCUT2D eigenvalue weighted by Gasteiger charge is 2.05. The molecule has 96 valence electrons. The molecule has 0 aliphatic rings. The van der Waals surface area contributed by atoms with Crippen LogP contribution in [0.15, 0.2) is 34.9 Å². The van der Waals surface area contributed by atoms with Gasteiger partial charge in [-0.25, -0.2) is 0 Å². The minimum Gasteiger partial charge on any atom is -0.354 e. The van der Waals surface area contributed by atoms with Crippen LogP contribution in [-0.2, 0) is 11.3 Å². The molecular weight excluding hydrogens is 292 g/mol. The van der Waals surface area contributed by atoms with Gasteiger partial charge in [-0.1, -0.05) is 15.9 Å². The van der Waals surface area contributed by atoms with Crippen molar-refractivity contribution in [1.82, 2.24) is 9.88 Å². The van der Waals surface area contributed by atoms with Crippen molar-refractivity contribution in [2.75, 3.05) is 0 Å². The van der Waals surface area contributed by atoms with Crippen LogP contribution in [0.5, 0.6) is 0 Å². The maximum absolute atomic E-state index is 11.6. The largest absolute Gasteiger partial charge is 0.354 e. The third kappa shape index (κ3) is 3.13. The Morgan fingerprint density at radius 2 is 2.17 bits per heavy atom. The van der Waals surface area contributed by atoms with Crippen molar-refractivity contribution < 1.29 is 4.79 Å². The Balaban J connectivity index is 2.06. The van der Waals surface area contributed by atoms with Gasteiger partial charge in [0.15, 0.2) is 0 Å². The maximum atomic E-state index is 11.6. The van der Waals surface area contributed by atoms with Gasteiger partial charge in [0.25, 0.3) is 0 Å². The number of halogens is 1. The molecule has 18 heavy (non-hydrogen) atoms. The summed E-state index contributed by atoms with van der Waals surface area (Å²) in [6.45, 7) is 4.66. The first-order valence-corrected chi connectivity index (χ1v) is 6.89. The number of hydrogen-bond donors (Lipinski definition) is 1. The van der Waals surface area contributed by atoms with Crippen molar-refractivity contribution in [3.8, 4) is 0 Å². The molecule has 0 unspecified atom stereocenters. The van der Waals surface area contributed by atoms with Gasteiger partial charge < -0.3 is 9.88 Å². The third-order valence-electron chi connectivity index (χ3n) is 2.76. The lowest BCUT2D eigenvalue weighted by Gasteiger charge is -2.09. The predicted molar refractivity (Wildman–Crippen MR) is 77.5 cm³/mol. The number of rotatable bonds is 4. The lowest BCUT2D eigenvalue weighted by Crippen LogP contribution is -2.30. The van der Waals surface area contributed by atoms with Crippen LogP contribution in [-0.4, -0.2) is 16.5 Å². The second-order valence-corrected chi connectivity index (χ2v) is 5.60. The first kappa shape index (κ1) is 13.1. The molecule has 0 bridgehead atoms. The van der Waals surface area contributed by atoms with Crippen LogP contribution < -0.4 is 5.32 Å². The van der Waals surface area contributed by atoms with E-state index >= 15 is 0 Å². The zero-order chi connectivity index (χ0) is 13.1. The molecule has 2 rings (SSSR count). The summed E-state index contributed by atoms with van der Waals surface area (Å²) in [6.07, 6.45) is 2.54. The molecule has 0 atom stereocenters. The van der Waals surface area contributed by atoms with E-state index in [4.69, 9.17) is 0 Å². The number of hydrogen-bond acceptors (Lipinski definition) is 1. The third-order valence-corrected chi connectivity index (χ3v) is 3.26. The summed E-state index contributed by atoms with van der Waals surface area (Å²) in [5.74, 6) is 0.101. The lowest BCUT2D eigenvalue weighted by molar-refractivity contribution is -0.121. The minimum atomic E-state index is 0.101. The quantitative estimate of drug-likeness (QED) is 0.923. The van der Waals surface area contributed by atoms with Crippen LogP contribution in [0.25, 0.3) is 10.9 Å². The van der Waals surface area contributed by atoms with Gasteiger partial charge in [0, 0.05) is 40.6 Å². The number of fused-ring (bicyclic) bond motifs is 1. The molecule has 1 aromatic carbocycles. The van der Waals surface area contributed by atoms with E-state index in [0.717, 1.165) is 9.99 Å². The van der Waals surface area contributed by atoms with E-state index in [1.165, 1.54) is 5.39 Å². The molecule has 1 N–H and O–H groups in total. The van der Waals surface area contributed by atoms with Crippen molar-refractivity contribution in [2.45, 2.75) is 32.9 Å².